The summed E-state index contributed by atoms with van der Waals surface area (Å²) in [5, 5.41) is 0. The number of aromatic amines is 2. The molecule has 1 aromatic heterocycles. The molecule has 0 saturated heterocycles. The predicted octanol–water partition coefficient (Wildman–Crippen LogP) is 2.53. The topological polar surface area (TPSA) is 121 Å². The molecule has 0 amide bonds. The molecule has 0 saturated carbocycles. The van der Waals surface area contributed by atoms with Crippen LogP contribution >= 0.6 is 0 Å². The molecule has 8 nitrogen and oxygen atoms in total. The lowest BCUT2D eigenvalue weighted by Crippen LogP contribution is -2.31. The number of imidazole rings is 1. The Morgan fingerprint density at radius 1 is 1.07 bits per heavy atom. The van der Waals surface area contributed by atoms with Crippen LogP contribution in [0.2, 0.25) is 0 Å². The zero-order valence-corrected chi connectivity index (χ0v) is 17.2. The van der Waals surface area contributed by atoms with Gasteiger partial charge >= 0.3 is 11.7 Å². The van der Waals surface area contributed by atoms with E-state index >= 15 is 0 Å². The van der Waals surface area contributed by atoms with Crippen LogP contribution < -0.4 is 10.4 Å². The number of benzene rings is 2. The molecule has 3 N–H and O–H groups in total. The lowest BCUT2D eigenvalue weighted by Gasteiger charge is -2.20. The number of aromatic nitrogens is 2. The number of sulfonamides is 1. The molecule has 29 heavy (non-hydrogen) atoms. The van der Waals surface area contributed by atoms with Crippen LogP contribution in [0.5, 0.6) is 0 Å². The second kappa shape index (κ2) is 8.22. The van der Waals surface area contributed by atoms with Crippen LogP contribution in [0.4, 0.5) is 0 Å². The minimum atomic E-state index is -3.97. The molecule has 0 aliphatic heterocycles. The van der Waals surface area contributed by atoms with Crippen molar-refractivity contribution in [1.29, 1.82) is 0 Å². The first kappa shape index (κ1) is 20.8. The Labute approximate surface area is 168 Å². The largest absolute Gasteiger partial charge is 0.463 e. The molecule has 154 valence electrons. The maximum absolute atomic E-state index is 13.0. The van der Waals surface area contributed by atoms with Gasteiger partial charge in [0.15, 0.2) is 0 Å². The highest BCUT2D eigenvalue weighted by molar-refractivity contribution is 7.89. The Bertz CT molecular complexity index is 1180. The van der Waals surface area contributed by atoms with Gasteiger partial charge in [0.1, 0.15) is 0 Å². The molecule has 0 aliphatic rings. The third-order valence-electron chi connectivity index (χ3n) is 4.31. The van der Waals surface area contributed by atoms with E-state index in [1.165, 1.54) is 18.2 Å². The van der Waals surface area contributed by atoms with E-state index in [2.05, 4.69) is 14.7 Å². The number of nitrogens with one attached hydrogen (secondary N) is 3. The molecule has 3 aromatic rings. The van der Waals surface area contributed by atoms with E-state index in [4.69, 9.17) is 4.74 Å². The summed E-state index contributed by atoms with van der Waals surface area (Å²) in [6, 6.07) is 10.7. The van der Waals surface area contributed by atoms with Crippen molar-refractivity contribution >= 4 is 27.0 Å². The highest BCUT2D eigenvalue weighted by Crippen LogP contribution is 2.23. The highest BCUT2D eigenvalue weighted by atomic mass is 32.2. The summed E-state index contributed by atoms with van der Waals surface area (Å²) in [5.74, 6) is -0.501. The van der Waals surface area contributed by atoms with E-state index < -0.39 is 27.7 Å². The quantitative estimate of drug-likeness (QED) is 0.510. The maximum atomic E-state index is 13.0. The fourth-order valence-corrected chi connectivity index (χ4v) is 4.19. The molecule has 0 aliphatic carbocycles. The zero-order chi connectivity index (χ0) is 21.2. The van der Waals surface area contributed by atoms with Crippen molar-refractivity contribution in [3.05, 3.63) is 64.1 Å². The minimum Gasteiger partial charge on any atom is -0.463 e. The Morgan fingerprint density at radius 3 is 2.38 bits per heavy atom. The second-order valence-corrected chi connectivity index (χ2v) is 8.83. The van der Waals surface area contributed by atoms with Gasteiger partial charge in [-0.15, -0.1) is 0 Å². The Hall–Kier alpha value is -2.91. The van der Waals surface area contributed by atoms with Crippen molar-refractivity contribution in [3.63, 3.8) is 0 Å². The van der Waals surface area contributed by atoms with Crippen LogP contribution in [-0.2, 0) is 19.6 Å². The molecule has 1 atom stereocenters. The zero-order valence-electron chi connectivity index (χ0n) is 16.4. The molecule has 0 fully saturated rings. The third-order valence-corrected chi connectivity index (χ3v) is 5.78. The normalized spacial score (nSPS) is 13.0. The number of hydrogen-bond acceptors (Lipinski definition) is 5. The van der Waals surface area contributed by atoms with Gasteiger partial charge in [-0.2, -0.15) is 0 Å². The summed E-state index contributed by atoms with van der Waals surface area (Å²) < 4.78 is 33.7. The number of carbonyl (C=O) groups excluding carboxylic acids is 1. The summed E-state index contributed by atoms with van der Waals surface area (Å²) >= 11 is 0. The number of aryl methyl sites for hydroxylation is 1. The highest BCUT2D eigenvalue weighted by Gasteiger charge is 2.25. The summed E-state index contributed by atoms with van der Waals surface area (Å²) in [4.78, 5) is 28.7. The molecule has 0 radical (unpaired) electrons. The summed E-state index contributed by atoms with van der Waals surface area (Å²) in [6.07, 6.45) is -0.449. The van der Waals surface area contributed by atoms with Crippen molar-refractivity contribution in [2.45, 2.75) is 44.2 Å². The van der Waals surface area contributed by atoms with Gasteiger partial charge in [-0.25, -0.2) is 17.9 Å². The van der Waals surface area contributed by atoms with Gasteiger partial charge in [0, 0.05) is 0 Å². The summed E-state index contributed by atoms with van der Waals surface area (Å²) in [6.45, 7) is 5.38. The second-order valence-electron chi connectivity index (χ2n) is 7.11. The SMILES string of the molecule is Cc1ccc(C(CC(=O)OC(C)C)NS(=O)(=O)c2ccc3[nH]c(=O)[nH]c3c2)cc1. The average Bonchev–Trinajstić information content (AvgIpc) is 3.00. The van der Waals surface area contributed by atoms with Crippen LogP contribution in [0.1, 0.15) is 37.4 Å². The molecule has 0 spiro atoms. The molecular weight excluding hydrogens is 394 g/mol. The number of carbonyl (C=O) groups is 1. The van der Waals surface area contributed by atoms with Gasteiger partial charge in [0.25, 0.3) is 0 Å². The molecule has 3 rings (SSSR count). The monoisotopic (exact) mass is 417 g/mol. The van der Waals surface area contributed by atoms with Gasteiger partial charge in [-0.3, -0.25) is 4.79 Å². The summed E-state index contributed by atoms with van der Waals surface area (Å²) in [5.41, 5.74) is 2.13. The molecule has 9 heteroatoms. The van der Waals surface area contributed by atoms with Crippen LogP contribution in [0, 0.1) is 6.92 Å². The van der Waals surface area contributed by atoms with Gasteiger partial charge in [-0.1, -0.05) is 29.8 Å². The number of esters is 1. The Morgan fingerprint density at radius 2 is 1.72 bits per heavy atom. The lowest BCUT2D eigenvalue weighted by molar-refractivity contribution is -0.147. The van der Waals surface area contributed by atoms with E-state index in [0.717, 1.165) is 5.56 Å². The smallest absolute Gasteiger partial charge is 0.323 e. The number of H-pyrrole nitrogens is 2. The molecule has 1 heterocycles. The Kier molecular flexibility index (Phi) is 5.90. The minimum absolute atomic E-state index is 0.0189. The third kappa shape index (κ3) is 5.12. The van der Waals surface area contributed by atoms with Crippen molar-refractivity contribution in [1.82, 2.24) is 14.7 Å². The van der Waals surface area contributed by atoms with Crippen LogP contribution in [0.25, 0.3) is 11.0 Å². The number of hydrogen-bond donors (Lipinski definition) is 3. The maximum Gasteiger partial charge on any atom is 0.323 e. The van der Waals surface area contributed by atoms with Gasteiger partial charge in [-0.05, 0) is 44.5 Å². The first-order valence-electron chi connectivity index (χ1n) is 9.14. The van der Waals surface area contributed by atoms with E-state index in [9.17, 15) is 18.0 Å². The lowest BCUT2D eigenvalue weighted by atomic mass is 10.0. The summed E-state index contributed by atoms with van der Waals surface area (Å²) in [7, 11) is -3.97. The fourth-order valence-electron chi connectivity index (χ4n) is 2.94. The number of rotatable bonds is 7. The standard InChI is InChI=1S/C20H23N3O5S/c1-12(2)28-19(24)11-17(14-6-4-13(3)5-7-14)23-29(26,27)15-8-9-16-18(10-15)22-20(25)21-16/h4-10,12,17,23H,11H2,1-3H3,(H2,21,22,25). The van der Waals surface area contributed by atoms with Crippen LogP contribution in [0.3, 0.4) is 0 Å². The number of ether oxygens (including phenoxy) is 1. The average molecular weight is 417 g/mol. The van der Waals surface area contributed by atoms with Crippen LogP contribution in [0.15, 0.2) is 52.2 Å². The first-order valence-corrected chi connectivity index (χ1v) is 10.6. The van der Waals surface area contributed by atoms with E-state index in [0.29, 0.717) is 16.6 Å². The van der Waals surface area contributed by atoms with Crippen molar-refractivity contribution in [3.8, 4) is 0 Å². The predicted molar refractivity (Wildman–Crippen MR) is 109 cm³/mol. The molecule has 0 bridgehead atoms. The molecule has 2 aromatic carbocycles. The molecule has 1 unspecified atom stereocenters. The van der Waals surface area contributed by atoms with Crippen LogP contribution in [-0.4, -0.2) is 30.5 Å². The molecular formula is C20H23N3O5S. The first-order chi connectivity index (χ1) is 13.6. The van der Waals surface area contributed by atoms with Crippen molar-refractivity contribution < 1.29 is 17.9 Å². The van der Waals surface area contributed by atoms with Gasteiger partial charge in [0.2, 0.25) is 10.0 Å². The van der Waals surface area contributed by atoms with Crippen molar-refractivity contribution in [2.75, 3.05) is 0 Å². The van der Waals surface area contributed by atoms with E-state index in [-0.39, 0.29) is 17.4 Å². The number of fused-ring (bicyclic) bond motifs is 1. The van der Waals surface area contributed by atoms with Gasteiger partial charge < -0.3 is 14.7 Å². The van der Waals surface area contributed by atoms with Crippen molar-refractivity contribution in [2.24, 2.45) is 0 Å². The van der Waals surface area contributed by atoms with Gasteiger partial charge in [0.05, 0.1) is 34.5 Å². The van der Waals surface area contributed by atoms with E-state index in [1.807, 2.05) is 19.1 Å². The Balaban J connectivity index is 1.92. The fraction of sp³-hybridized carbons (Fsp3) is 0.300. The van der Waals surface area contributed by atoms with E-state index in [1.54, 1.807) is 26.0 Å².